The minimum absolute atomic E-state index is 0.242. The summed E-state index contributed by atoms with van der Waals surface area (Å²) in [6.07, 6.45) is 8.18. The molecule has 0 saturated carbocycles. The largest absolute Gasteiger partial charge is 0.464 e. The van der Waals surface area contributed by atoms with E-state index in [4.69, 9.17) is 4.74 Å². The molecule has 110 valence electrons. The summed E-state index contributed by atoms with van der Waals surface area (Å²) in [6, 6.07) is 0.778. The number of aryl methyl sites for hydroxylation is 1. The number of carbonyl (C=O) groups excluding carboxylic acids is 1. The second-order valence-corrected chi connectivity index (χ2v) is 5.24. The lowest BCUT2D eigenvalue weighted by atomic mass is 10.0. The van der Waals surface area contributed by atoms with Crippen molar-refractivity contribution in [3.63, 3.8) is 0 Å². The molecule has 0 bridgehead atoms. The number of carbonyl (C=O) groups is 1. The summed E-state index contributed by atoms with van der Waals surface area (Å²) < 4.78 is 5.20. The van der Waals surface area contributed by atoms with Gasteiger partial charge in [0.25, 0.3) is 0 Å². The maximum atomic E-state index is 12.2. The summed E-state index contributed by atoms with van der Waals surface area (Å²) >= 11 is 0. The lowest BCUT2D eigenvalue weighted by molar-refractivity contribution is -0.134. The van der Waals surface area contributed by atoms with Crippen molar-refractivity contribution in [2.24, 2.45) is 0 Å². The molecule has 0 N–H and O–H groups in total. The van der Waals surface area contributed by atoms with Crippen LogP contribution in [-0.4, -0.2) is 40.0 Å². The van der Waals surface area contributed by atoms with Crippen molar-refractivity contribution in [1.82, 2.24) is 14.9 Å². The average Bonchev–Trinajstić information content (AvgIpc) is 2.47. The highest BCUT2D eigenvalue weighted by Gasteiger charge is 2.22. The number of amides is 1. The number of nitrogens with zero attached hydrogens (tertiary/aromatic N) is 3. The first kappa shape index (κ1) is 14.8. The number of hydrogen-bond donors (Lipinski definition) is 0. The molecule has 1 aromatic heterocycles. The van der Waals surface area contributed by atoms with E-state index in [0.717, 1.165) is 24.9 Å². The topological polar surface area (TPSA) is 55.3 Å². The van der Waals surface area contributed by atoms with Gasteiger partial charge in [-0.3, -0.25) is 4.79 Å². The fourth-order valence-corrected chi connectivity index (χ4v) is 2.54. The Morgan fingerprint density at radius 2 is 2.15 bits per heavy atom. The lowest BCUT2D eigenvalue weighted by Gasteiger charge is -2.33. The molecule has 0 spiro atoms. The maximum absolute atomic E-state index is 12.2. The van der Waals surface area contributed by atoms with Gasteiger partial charge in [-0.15, -0.1) is 0 Å². The first-order chi connectivity index (χ1) is 9.70. The Morgan fingerprint density at radius 1 is 1.40 bits per heavy atom. The monoisotopic (exact) mass is 277 g/mol. The van der Waals surface area contributed by atoms with Crippen molar-refractivity contribution in [3.05, 3.63) is 18.0 Å². The minimum Gasteiger partial charge on any atom is -0.464 e. The smallest absolute Gasteiger partial charge is 0.316 e. The number of ether oxygens (including phenoxy) is 1. The Hall–Kier alpha value is -1.65. The highest BCUT2D eigenvalue weighted by atomic mass is 16.5. The van der Waals surface area contributed by atoms with Gasteiger partial charge in [-0.2, -0.15) is 0 Å². The van der Waals surface area contributed by atoms with Crippen molar-refractivity contribution in [2.75, 3.05) is 13.2 Å². The van der Waals surface area contributed by atoms with E-state index in [9.17, 15) is 4.79 Å². The summed E-state index contributed by atoms with van der Waals surface area (Å²) in [6.45, 7) is 5.50. The summed E-state index contributed by atoms with van der Waals surface area (Å²) in [5.41, 5.74) is 0.978. The van der Waals surface area contributed by atoms with Gasteiger partial charge in [-0.1, -0.05) is 0 Å². The van der Waals surface area contributed by atoms with Crippen LogP contribution in [0.25, 0.3) is 0 Å². The average molecular weight is 277 g/mol. The van der Waals surface area contributed by atoms with Crippen LogP contribution in [0.15, 0.2) is 12.4 Å². The van der Waals surface area contributed by atoms with Crippen LogP contribution in [0.2, 0.25) is 0 Å². The number of rotatable bonds is 5. The second kappa shape index (κ2) is 7.22. The fraction of sp³-hybridized carbons (Fsp3) is 0.667. The first-order valence-electron chi connectivity index (χ1n) is 7.44. The third-order valence-corrected chi connectivity index (χ3v) is 3.71. The van der Waals surface area contributed by atoms with Crippen LogP contribution in [0.1, 0.15) is 45.1 Å². The van der Waals surface area contributed by atoms with Crippen molar-refractivity contribution < 1.29 is 9.53 Å². The third-order valence-electron chi connectivity index (χ3n) is 3.71. The van der Waals surface area contributed by atoms with Gasteiger partial charge in [0.2, 0.25) is 5.91 Å². The van der Waals surface area contributed by atoms with Crippen LogP contribution < -0.4 is 4.74 Å². The van der Waals surface area contributed by atoms with E-state index in [1.54, 1.807) is 12.4 Å². The Labute approximate surface area is 120 Å². The molecule has 0 aromatic carbocycles. The van der Waals surface area contributed by atoms with E-state index in [2.05, 4.69) is 16.9 Å². The summed E-state index contributed by atoms with van der Waals surface area (Å²) in [4.78, 5) is 22.5. The van der Waals surface area contributed by atoms with E-state index in [1.807, 2.05) is 11.8 Å². The molecule has 1 aliphatic heterocycles. The van der Waals surface area contributed by atoms with E-state index < -0.39 is 0 Å². The van der Waals surface area contributed by atoms with E-state index in [-0.39, 0.29) is 5.91 Å². The number of likely N-dealkylation sites (tertiary alicyclic amines) is 1. The third kappa shape index (κ3) is 3.92. The first-order valence-corrected chi connectivity index (χ1v) is 7.44. The Morgan fingerprint density at radius 3 is 2.80 bits per heavy atom. The predicted octanol–water partition coefficient (Wildman–Crippen LogP) is 2.21. The van der Waals surface area contributed by atoms with Crippen LogP contribution in [0, 0.1) is 0 Å². The molecule has 1 aliphatic rings. The highest BCUT2D eigenvalue weighted by molar-refractivity contribution is 5.76. The minimum atomic E-state index is 0.242. The number of piperidine rings is 1. The van der Waals surface area contributed by atoms with E-state index in [0.29, 0.717) is 31.5 Å². The van der Waals surface area contributed by atoms with Crippen molar-refractivity contribution >= 4 is 5.91 Å². The molecule has 2 heterocycles. The molecule has 2 rings (SSSR count). The summed E-state index contributed by atoms with van der Waals surface area (Å²) in [5.74, 6) is 0.242. The second-order valence-electron chi connectivity index (χ2n) is 5.24. The molecule has 0 radical (unpaired) electrons. The molecule has 1 atom stereocenters. The maximum Gasteiger partial charge on any atom is 0.316 e. The van der Waals surface area contributed by atoms with Gasteiger partial charge >= 0.3 is 6.01 Å². The predicted molar refractivity (Wildman–Crippen MR) is 76.5 cm³/mol. The van der Waals surface area contributed by atoms with Gasteiger partial charge < -0.3 is 9.64 Å². The van der Waals surface area contributed by atoms with Crippen LogP contribution in [-0.2, 0) is 11.2 Å². The molecular formula is C15H23N3O2. The highest BCUT2D eigenvalue weighted by Crippen LogP contribution is 2.18. The Bertz CT molecular complexity index is 433. The van der Waals surface area contributed by atoms with Crippen molar-refractivity contribution in [1.29, 1.82) is 0 Å². The molecule has 0 aliphatic carbocycles. The number of aromatic nitrogens is 2. The zero-order valence-electron chi connectivity index (χ0n) is 12.3. The normalized spacial score (nSPS) is 18.9. The molecule has 1 amide bonds. The van der Waals surface area contributed by atoms with Crippen LogP contribution in [0.4, 0.5) is 0 Å². The Balaban J connectivity index is 1.83. The Kier molecular flexibility index (Phi) is 5.32. The fourth-order valence-electron chi connectivity index (χ4n) is 2.54. The van der Waals surface area contributed by atoms with Gasteiger partial charge in [-0.25, -0.2) is 9.97 Å². The van der Waals surface area contributed by atoms with E-state index in [1.165, 1.54) is 6.42 Å². The van der Waals surface area contributed by atoms with Crippen molar-refractivity contribution in [3.8, 4) is 6.01 Å². The molecule has 1 saturated heterocycles. The molecule has 5 nitrogen and oxygen atoms in total. The van der Waals surface area contributed by atoms with Gasteiger partial charge in [0.1, 0.15) is 0 Å². The van der Waals surface area contributed by atoms with Crippen LogP contribution in [0.3, 0.4) is 0 Å². The molecule has 1 fully saturated rings. The molecule has 1 unspecified atom stereocenters. The molecule has 5 heteroatoms. The summed E-state index contributed by atoms with van der Waals surface area (Å²) in [5, 5.41) is 0. The zero-order chi connectivity index (χ0) is 14.4. The lowest BCUT2D eigenvalue weighted by Crippen LogP contribution is -2.42. The van der Waals surface area contributed by atoms with Gasteiger partial charge in [0.15, 0.2) is 0 Å². The zero-order valence-corrected chi connectivity index (χ0v) is 12.3. The summed E-state index contributed by atoms with van der Waals surface area (Å²) in [7, 11) is 0. The van der Waals surface area contributed by atoms with Gasteiger partial charge in [0, 0.05) is 31.4 Å². The van der Waals surface area contributed by atoms with Crippen LogP contribution >= 0.6 is 0 Å². The quantitative estimate of drug-likeness (QED) is 0.828. The molecule has 1 aromatic rings. The SMILES string of the molecule is CCOc1ncc(CCC(=O)N2CCCCC2C)cn1. The van der Waals surface area contributed by atoms with Gasteiger partial charge in [-0.05, 0) is 45.1 Å². The van der Waals surface area contributed by atoms with Gasteiger partial charge in [0.05, 0.1) is 6.61 Å². The van der Waals surface area contributed by atoms with Crippen LogP contribution in [0.5, 0.6) is 6.01 Å². The van der Waals surface area contributed by atoms with E-state index >= 15 is 0 Å². The molecular weight excluding hydrogens is 254 g/mol. The number of hydrogen-bond acceptors (Lipinski definition) is 4. The molecule has 20 heavy (non-hydrogen) atoms. The van der Waals surface area contributed by atoms with Crippen molar-refractivity contribution in [2.45, 2.75) is 52.0 Å². The standard InChI is InChI=1S/C15H23N3O2/c1-3-20-15-16-10-13(11-17-15)7-8-14(19)18-9-5-4-6-12(18)2/h10-12H,3-9H2,1-2H3.